The van der Waals surface area contributed by atoms with Gasteiger partial charge in [-0.05, 0) is 54.9 Å². The molecule has 2 aromatic carbocycles. The van der Waals surface area contributed by atoms with Gasteiger partial charge in [0.2, 0.25) is 0 Å². The number of rotatable bonds is 9. The zero-order chi connectivity index (χ0) is 29.4. The average Bonchev–Trinajstić information content (AvgIpc) is 3.69. The summed E-state index contributed by atoms with van der Waals surface area (Å²) < 4.78 is 39.6. The molecule has 2 heterocycles. The number of nitrogens with one attached hydrogen (secondary N) is 1. The van der Waals surface area contributed by atoms with Gasteiger partial charge in [0.25, 0.3) is 5.69 Å². The first kappa shape index (κ1) is 27.8. The van der Waals surface area contributed by atoms with Gasteiger partial charge in [-0.1, -0.05) is 24.3 Å². The van der Waals surface area contributed by atoms with Gasteiger partial charge in [0.15, 0.2) is 11.4 Å². The summed E-state index contributed by atoms with van der Waals surface area (Å²) >= 11 is 0. The van der Waals surface area contributed by atoms with Gasteiger partial charge in [0.1, 0.15) is 17.9 Å². The molecule has 1 fully saturated rings. The molecule has 218 valence electrons. The first-order chi connectivity index (χ1) is 20.2. The number of nitro groups is 1. The van der Waals surface area contributed by atoms with Crippen molar-refractivity contribution in [3.8, 4) is 0 Å². The highest BCUT2D eigenvalue weighted by Gasteiger charge is 2.40. The van der Waals surface area contributed by atoms with Gasteiger partial charge in [-0.3, -0.25) is 14.3 Å². The number of carbonyl (C=O) groups is 1. The maximum Gasteiger partial charge on any atom is 0.338 e. The van der Waals surface area contributed by atoms with Crippen LogP contribution >= 0.6 is 0 Å². The van der Waals surface area contributed by atoms with Crippen LogP contribution in [0.2, 0.25) is 0 Å². The van der Waals surface area contributed by atoms with Gasteiger partial charge < -0.3 is 14.5 Å². The number of hydrogen-bond acceptors (Lipinski definition) is 11. The van der Waals surface area contributed by atoms with E-state index in [1.54, 1.807) is 6.26 Å². The molecule has 0 radical (unpaired) electrons. The predicted molar refractivity (Wildman–Crippen MR) is 150 cm³/mol. The fourth-order valence-corrected chi connectivity index (χ4v) is 6.27. The molecule has 2 aromatic heterocycles. The van der Waals surface area contributed by atoms with Gasteiger partial charge in [-0.15, -0.1) is 0 Å². The SMILES string of the molecule is NS(=O)(=O)OCC1CC(c2coc3c(N[C@H]4CCc5ccccc54)ncnc23)CC1OC(=O)c1ccc([N+](=O)[O-])cc1. The van der Waals surface area contributed by atoms with E-state index in [1.165, 1.54) is 41.7 Å². The zero-order valence-corrected chi connectivity index (χ0v) is 23.0. The number of anilines is 1. The fraction of sp³-hybridized carbons (Fsp3) is 0.321. The van der Waals surface area contributed by atoms with Crippen LogP contribution < -0.4 is 10.5 Å². The smallest absolute Gasteiger partial charge is 0.338 e. The van der Waals surface area contributed by atoms with Crippen LogP contribution in [0.4, 0.5) is 11.5 Å². The number of nitro benzene ring substituents is 1. The van der Waals surface area contributed by atoms with Crippen molar-refractivity contribution < 1.29 is 31.5 Å². The third-order valence-electron chi connectivity index (χ3n) is 7.91. The van der Waals surface area contributed by atoms with E-state index in [1.807, 2.05) is 12.1 Å². The van der Waals surface area contributed by atoms with Crippen molar-refractivity contribution >= 4 is 38.9 Å². The lowest BCUT2D eigenvalue weighted by atomic mass is 9.98. The molecular formula is C28H27N5O8S. The fourth-order valence-electron chi connectivity index (χ4n) is 5.90. The third kappa shape index (κ3) is 5.68. The van der Waals surface area contributed by atoms with Crippen LogP contribution in [0.1, 0.15) is 58.3 Å². The van der Waals surface area contributed by atoms with Crippen LogP contribution in [0.5, 0.6) is 0 Å². The Morgan fingerprint density at radius 3 is 2.67 bits per heavy atom. The van der Waals surface area contributed by atoms with Crippen molar-refractivity contribution in [3.63, 3.8) is 0 Å². The number of nitrogens with two attached hydrogens (primary N) is 1. The number of nitrogens with zero attached hydrogens (tertiary/aromatic N) is 3. The van der Waals surface area contributed by atoms with Crippen molar-refractivity contribution in [2.24, 2.45) is 11.1 Å². The molecule has 3 unspecified atom stereocenters. The van der Waals surface area contributed by atoms with E-state index in [2.05, 4.69) is 27.4 Å². The van der Waals surface area contributed by atoms with Crippen LogP contribution in [0, 0.1) is 16.0 Å². The van der Waals surface area contributed by atoms with E-state index >= 15 is 0 Å². The third-order valence-corrected chi connectivity index (χ3v) is 8.38. The number of ether oxygens (including phenoxy) is 1. The van der Waals surface area contributed by atoms with Crippen LogP contribution in [-0.4, -0.2) is 42.0 Å². The second-order valence-electron chi connectivity index (χ2n) is 10.5. The minimum atomic E-state index is -4.22. The van der Waals surface area contributed by atoms with Crippen molar-refractivity contribution in [2.45, 2.75) is 43.7 Å². The molecule has 13 nitrogen and oxygen atoms in total. The van der Waals surface area contributed by atoms with Gasteiger partial charge in [0, 0.05) is 23.6 Å². The van der Waals surface area contributed by atoms with Crippen molar-refractivity contribution in [2.75, 3.05) is 11.9 Å². The number of carbonyl (C=O) groups excluding carboxylic acids is 1. The van der Waals surface area contributed by atoms with Crippen LogP contribution in [0.25, 0.3) is 11.1 Å². The molecule has 42 heavy (non-hydrogen) atoms. The molecule has 0 amide bonds. The summed E-state index contributed by atoms with van der Waals surface area (Å²) in [4.78, 5) is 32.2. The Morgan fingerprint density at radius 1 is 1.12 bits per heavy atom. The second kappa shape index (κ2) is 11.1. The summed E-state index contributed by atoms with van der Waals surface area (Å²) in [7, 11) is -4.22. The molecule has 4 atom stereocenters. The number of furan rings is 1. The van der Waals surface area contributed by atoms with Crippen molar-refractivity contribution in [1.82, 2.24) is 9.97 Å². The first-order valence-corrected chi connectivity index (χ1v) is 14.8. The molecule has 2 aliphatic rings. The lowest BCUT2D eigenvalue weighted by Crippen LogP contribution is -2.28. The predicted octanol–water partition coefficient (Wildman–Crippen LogP) is 4.17. The van der Waals surface area contributed by atoms with Gasteiger partial charge in [-0.25, -0.2) is 19.9 Å². The maximum absolute atomic E-state index is 12.9. The lowest BCUT2D eigenvalue weighted by molar-refractivity contribution is -0.384. The van der Waals surface area contributed by atoms with E-state index in [0.717, 1.165) is 18.4 Å². The summed E-state index contributed by atoms with van der Waals surface area (Å²) in [6.07, 6.45) is 4.99. The van der Waals surface area contributed by atoms with Crippen LogP contribution in [-0.2, 0) is 25.6 Å². The highest BCUT2D eigenvalue weighted by molar-refractivity contribution is 7.84. The van der Waals surface area contributed by atoms with Crippen LogP contribution in [0.15, 0.2) is 65.5 Å². The topological polar surface area (TPSA) is 190 Å². The van der Waals surface area contributed by atoms with Gasteiger partial charge >= 0.3 is 16.3 Å². The highest BCUT2D eigenvalue weighted by atomic mass is 32.2. The number of fused-ring (bicyclic) bond motifs is 2. The maximum atomic E-state index is 12.9. The van der Waals surface area contributed by atoms with E-state index in [4.69, 9.17) is 18.5 Å². The minimum absolute atomic E-state index is 0.0854. The van der Waals surface area contributed by atoms with Crippen LogP contribution in [0.3, 0.4) is 0 Å². The Bertz CT molecular complexity index is 1760. The summed E-state index contributed by atoms with van der Waals surface area (Å²) in [6.45, 7) is -0.286. The summed E-state index contributed by atoms with van der Waals surface area (Å²) in [6, 6.07) is 13.4. The molecule has 4 aromatic rings. The number of esters is 1. The quantitative estimate of drug-likeness (QED) is 0.161. The molecular weight excluding hydrogens is 566 g/mol. The second-order valence-corrected chi connectivity index (χ2v) is 11.7. The van der Waals surface area contributed by atoms with Gasteiger partial charge in [0.05, 0.1) is 29.4 Å². The largest absolute Gasteiger partial charge is 0.458 e. The molecule has 0 aliphatic heterocycles. The molecule has 3 N–H and O–H groups in total. The number of non-ortho nitro benzene ring substituents is 1. The lowest BCUT2D eigenvalue weighted by Gasteiger charge is -2.19. The molecule has 1 saturated carbocycles. The molecule has 0 saturated heterocycles. The number of aromatic nitrogens is 2. The monoisotopic (exact) mass is 593 g/mol. The Morgan fingerprint density at radius 2 is 1.90 bits per heavy atom. The number of benzene rings is 2. The normalized spacial score (nSPS) is 21.7. The molecule has 14 heteroatoms. The van der Waals surface area contributed by atoms with Crippen molar-refractivity contribution in [3.05, 3.63) is 93.5 Å². The summed E-state index contributed by atoms with van der Waals surface area (Å²) in [5.74, 6) is -0.834. The molecule has 0 spiro atoms. The minimum Gasteiger partial charge on any atom is -0.458 e. The molecule has 2 aliphatic carbocycles. The average molecular weight is 594 g/mol. The molecule has 6 rings (SSSR count). The first-order valence-electron chi connectivity index (χ1n) is 13.4. The number of aryl methyl sites for hydroxylation is 1. The molecule has 0 bridgehead atoms. The summed E-state index contributed by atoms with van der Waals surface area (Å²) in [5, 5.41) is 19.5. The van der Waals surface area contributed by atoms with Gasteiger partial charge in [-0.2, -0.15) is 8.42 Å². The standard InChI is InChI=1S/C28H27N5O8S/c29-42(37,38)40-13-19-11-18(12-24(19)41-28(34)17-5-8-20(9-6-17)33(35)36)22-14-39-26-25(22)30-15-31-27(26)32-23-10-7-16-3-1-2-4-21(16)23/h1-6,8-9,14-15,18-19,23-24H,7,10-13H2,(H2,29,37,38)(H,30,31,32)/t18?,19?,23-,24?/m0/s1. The Labute approximate surface area is 240 Å². The Balaban J connectivity index is 1.23. The van der Waals surface area contributed by atoms with Crippen molar-refractivity contribution in [1.29, 1.82) is 0 Å². The highest BCUT2D eigenvalue weighted by Crippen LogP contribution is 2.44. The van der Waals surface area contributed by atoms with E-state index in [9.17, 15) is 23.3 Å². The Hall–Kier alpha value is -4.40. The summed E-state index contributed by atoms with van der Waals surface area (Å²) in [5.41, 5.74) is 4.37. The van der Waals surface area contributed by atoms with E-state index in [0.29, 0.717) is 29.8 Å². The Kier molecular flexibility index (Phi) is 7.35. The number of hydrogen-bond donors (Lipinski definition) is 2. The zero-order valence-electron chi connectivity index (χ0n) is 22.2. The van der Waals surface area contributed by atoms with E-state index in [-0.39, 0.29) is 29.8 Å². The van der Waals surface area contributed by atoms with E-state index < -0.39 is 33.2 Å².